The van der Waals surface area contributed by atoms with Crippen molar-refractivity contribution in [3.05, 3.63) is 110 Å². The third kappa shape index (κ3) is 6.46. The highest BCUT2D eigenvalue weighted by atomic mass is 15.3. The fraction of sp³-hybridized carbons (Fsp3) is 0.156. The first-order valence-electron chi connectivity index (χ1n) is 14.2. The zero-order chi connectivity index (χ0) is 31.3. The minimum atomic E-state index is 0.539. The van der Waals surface area contributed by atoms with Gasteiger partial charge in [-0.05, 0) is 72.8 Å². The van der Waals surface area contributed by atoms with Gasteiger partial charge in [-0.1, -0.05) is 10.2 Å². The van der Waals surface area contributed by atoms with Crippen LogP contribution < -0.4 is 14.0 Å². The normalized spacial score (nSPS) is 11.8. The van der Waals surface area contributed by atoms with Crippen LogP contribution in [0.2, 0.25) is 0 Å². The fourth-order valence-electron chi connectivity index (χ4n) is 4.66. The summed E-state index contributed by atoms with van der Waals surface area (Å²) in [5.41, 5.74) is 5.05. The molecule has 13 nitrogen and oxygen atoms in total. The minimum absolute atomic E-state index is 0.539. The molecule has 224 valence electrons. The van der Waals surface area contributed by atoms with Crippen LogP contribution in [0, 0.1) is 0 Å². The number of imidazole rings is 3. The van der Waals surface area contributed by atoms with Crippen molar-refractivity contribution in [1.82, 2.24) is 18.7 Å². The number of benzene rings is 3. The Morgan fingerprint density at radius 2 is 0.911 bits per heavy atom. The van der Waals surface area contributed by atoms with E-state index in [1.165, 1.54) is 0 Å². The molecule has 0 N–H and O–H groups in total. The van der Waals surface area contributed by atoms with E-state index in [0.717, 1.165) is 46.0 Å². The number of rotatable bonds is 9. The highest BCUT2D eigenvalue weighted by Gasteiger charge is 2.15. The van der Waals surface area contributed by atoms with Crippen LogP contribution in [0.3, 0.4) is 0 Å². The van der Waals surface area contributed by atoms with Crippen molar-refractivity contribution in [2.24, 2.45) is 65.9 Å². The summed E-state index contributed by atoms with van der Waals surface area (Å²) in [7, 11) is 9.64. The molecule has 3 aromatic heterocycles. The third-order valence-corrected chi connectivity index (χ3v) is 7.17. The highest BCUT2D eigenvalue weighted by molar-refractivity contribution is 5.78. The van der Waals surface area contributed by atoms with E-state index >= 15 is 0 Å². The molecule has 3 heterocycles. The summed E-state index contributed by atoms with van der Waals surface area (Å²) in [5, 5.41) is 26.4. The molecule has 6 aromatic rings. The zero-order valence-electron chi connectivity index (χ0n) is 25.7. The van der Waals surface area contributed by atoms with Crippen LogP contribution in [0.5, 0.6) is 0 Å². The van der Waals surface area contributed by atoms with Gasteiger partial charge in [-0.2, -0.15) is 0 Å². The number of aryl methyl sites for hydroxylation is 5. The van der Waals surface area contributed by atoms with Gasteiger partial charge in [-0.3, -0.25) is 0 Å². The lowest BCUT2D eigenvalue weighted by atomic mass is 10.1. The van der Waals surface area contributed by atoms with Gasteiger partial charge in [-0.15, -0.1) is 10.2 Å². The van der Waals surface area contributed by atoms with E-state index in [4.69, 9.17) is 0 Å². The largest absolute Gasteiger partial charge is 0.421 e. The standard InChI is InChI=1S/C32H33N13/c1-40-19-18-33-30(40)37-34-24-6-12-27(13-7-24)45(28-14-8-25(9-15-28)35-38-31-41(2)20-21-42(31)3)29-16-10-26(11-17-29)36-39-32-43(4)22-23-44(32)5/h6-23H,1-5H3/q+2. The van der Waals surface area contributed by atoms with Gasteiger partial charge >= 0.3 is 11.9 Å². The van der Waals surface area contributed by atoms with E-state index < -0.39 is 0 Å². The number of anilines is 3. The Morgan fingerprint density at radius 1 is 0.511 bits per heavy atom. The van der Waals surface area contributed by atoms with Gasteiger partial charge < -0.3 is 9.47 Å². The van der Waals surface area contributed by atoms with E-state index in [-0.39, 0.29) is 0 Å². The van der Waals surface area contributed by atoms with E-state index in [9.17, 15) is 0 Å². The van der Waals surface area contributed by atoms with Gasteiger partial charge in [0.25, 0.3) is 0 Å². The molecule has 0 saturated heterocycles. The predicted octanol–water partition coefficient (Wildman–Crippen LogP) is 7.46. The number of hydrogen-bond donors (Lipinski definition) is 0. The first-order valence-corrected chi connectivity index (χ1v) is 14.2. The summed E-state index contributed by atoms with van der Waals surface area (Å²) in [4.78, 5) is 6.35. The van der Waals surface area contributed by atoms with Gasteiger partial charge in [0.2, 0.25) is 5.95 Å². The molecule has 0 spiro atoms. The first-order chi connectivity index (χ1) is 21.9. The topological polar surface area (TPSA) is 113 Å². The monoisotopic (exact) mass is 599 g/mol. The Kier molecular flexibility index (Phi) is 8.14. The van der Waals surface area contributed by atoms with Crippen LogP contribution in [0.1, 0.15) is 0 Å². The van der Waals surface area contributed by atoms with Crippen molar-refractivity contribution >= 4 is 52.0 Å². The maximum atomic E-state index is 4.45. The second-order valence-corrected chi connectivity index (χ2v) is 10.5. The SMILES string of the molecule is Cn1ccnc1N=Nc1ccc(N(c2ccc(N=Nc3n(C)cc[n+]3C)cc2)c2ccc(N=Nc3n(C)cc[n+]3C)cc2)cc1. The van der Waals surface area contributed by atoms with Crippen molar-refractivity contribution in [2.75, 3.05) is 4.90 Å². The van der Waals surface area contributed by atoms with Crippen molar-refractivity contribution in [3.63, 3.8) is 0 Å². The molecular weight excluding hydrogens is 566 g/mol. The molecule has 0 atom stereocenters. The molecule has 0 aliphatic heterocycles. The molecule has 0 aliphatic carbocycles. The Balaban J connectivity index is 1.29. The van der Waals surface area contributed by atoms with Gasteiger partial charge in [0.15, 0.2) is 0 Å². The third-order valence-electron chi connectivity index (χ3n) is 7.17. The maximum absolute atomic E-state index is 4.45. The molecule has 0 saturated carbocycles. The Hall–Kier alpha value is -6.11. The van der Waals surface area contributed by atoms with Crippen molar-refractivity contribution in [3.8, 4) is 0 Å². The van der Waals surface area contributed by atoms with Crippen molar-refractivity contribution in [2.45, 2.75) is 0 Å². The van der Waals surface area contributed by atoms with Crippen LogP contribution >= 0.6 is 0 Å². The second kappa shape index (κ2) is 12.6. The molecule has 0 aliphatic rings. The summed E-state index contributed by atoms with van der Waals surface area (Å²) < 4.78 is 9.49. The van der Waals surface area contributed by atoms with Gasteiger partial charge in [0, 0.05) is 46.7 Å². The summed E-state index contributed by atoms with van der Waals surface area (Å²) in [6, 6.07) is 23.8. The molecule has 0 bridgehead atoms. The number of aromatic nitrogens is 6. The molecule has 6 rings (SSSR count). The summed E-state index contributed by atoms with van der Waals surface area (Å²) >= 11 is 0. The smallest absolute Gasteiger partial charge is 0.317 e. The summed E-state index contributed by atoms with van der Waals surface area (Å²) in [5.74, 6) is 2.04. The Labute approximate surface area is 260 Å². The van der Waals surface area contributed by atoms with Gasteiger partial charge in [0.05, 0.1) is 58.7 Å². The quantitative estimate of drug-likeness (QED) is 0.127. The van der Waals surface area contributed by atoms with E-state index in [1.54, 1.807) is 6.20 Å². The molecule has 0 radical (unpaired) electrons. The second-order valence-electron chi connectivity index (χ2n) is 10.5. The molecule has 0 amide bonds. The van der Waals surface area contributed by atoms with Crippen LogP contribution in [0.25, 0.3) is 0 Å². The zero-order valence-corrected chi connectivity index (χ0v) is 25.7. The van der Waals surface area contributed by atoms with E-state index in [2.05, 4.69) is 40.6 Å². The van der Waals surface area contributed by atoms with Crippen LogP contribution in [0.15, 0.2) is 141 Å². The predicted molar refractivity (Wildman–Crippen MR) is 170 cm³/mol. The molecule has 0 fully saturated rings. The van der Waals surface area contributed by atoms with Gasteiger partial charge in [-0.25, -0.2) is 23.3 Å². The molecule has 13 heteroatoms. The lowest BCUT2D eigenvalue weighted by molar-refractivity contribution is -0.657. The summed E-state index contributed by atoms with van der Waals surface area (Å²) in [6.45, 7) is 0. The van der Waals surface area contributed by atoms with Gasteiger partial charge in [0.1, 0.15) is 11.4 Å². The average Bonchev–Trinajstić information content (AvgIpc) is 3.72. The molecule has 0 unspecified atom stereocenters. The van der Waals surface area contributed by atoms with Crippen LogP contribution in [-0.2, 0) is 35.2 Å². The van der Waals surface area contributed by atoms with Crippen molar-refractivity contribution in [1.29, 1.82) is 0 Å². The van der Waals surface area contributed by atoms with E-state index in [1.807, 2.05) is 162 Å². The minimum Gasteiger partial charge on any atom is -0.317 e. The Bertz CT molecular complexity index is 1850. The highest BCUT2D eigenvalue weighted by Crippen LogP contribution is 2.37. The average molecular weight is 600 g/mol. The molecule has 3 aromatic carbocycles. The number of hydrogen-bond acceptors (Lipinski definition) is 8. The number of azo groups is 3. The van der Waals surface area contributed by atoms with E-state index in [0.29, 0.717) is 5.95 Å². The lowest BCUT2D eigenvalue weighted by Crippen LogP contribution is -2.25. The van der Waals surface area contributed by atoms with Crippen LogP contribution in [0.4, 0.5) is 52.0 Å². The molecular formula is C32H33N13+2. The maximum Gasteiger partial charge on any atom is 0.421 e. The molecule has 45 heavy (non-hydrogen) atoms. The van der Waals surface area contributed by atoms with Crippen LogP contribution in [-0.4, -0.2) is 18.7 Å². The first kappa shape index (κ1) is 29.0. The van der Waals surface area contributed by atoms with Crippen molar-refractivity contribution < 1.29 is 9.13 Å². The number of nitrogens with zero attached hydrogens (tertiary/aromatic N) is 13. The fourth-order valence-corrected chi connectivity index (χ4v) is 4.66. The lowest BCUT2D eigenvalue weighted by Gasteiger charge is -2.25. The summed E-state index contributed by atoms with van der Waals surface area (Å²) in [6.07, 6.45) is 11.3. The Morgan fingerprint density at radius 3 is 1.24 bits per heavy atom.